The fraction of sp³-hybridized carbons (Fsp3) is 0.933. The molecule has 24 heavy (non-hydrogen) atoms. The van der Waals surface area contributed by atoms with Crippen LogP contribution >= 0.6 is 0 Å². The van der Waals surface area contributed by atoms with Crippen molar-refractivity contribution in [1.82, 2.24) is 4.90 Å². The molecule has 1 aliphatic carbocycles. The van der Waals surface area contributed by atoms with Crippen molar-refractivity contribution in [2.75, 3.05) is 13.2 Å². The van der Waals surface area contributed by atoms with Gasteiger partial charge < -0.3 is 25.3 Å². The quantitative estimate of drug-likeness (QED) is 0.152. The molecule has 1 saturated heterocycles. The van der Waals surface area contributed by atoms with Crippen LogP contribution in [0.25, 0.3) is 10.4 Å². The number of likely N-dealkylation sites (tertiary alicyclic amines) is 1. The minimum Gasteiger partial charge on any atom is -0.396 e. The van der Waals surface area contributed by atoms with Crippen LogP contribution in [0.1, 0.15) is 38.5 Å². The lowest BCUT2D eigenvalue weighted by Crippen LogP contribution is -2.52. The zero-order chi connectivity index (χ0) is 17.7. The Morgan fingerprint density at radius 1 is 1.00 bits per heavy atom. The lowest BCUT2D eigenvalue weighted by molar-refractivity contribution is -0.127. The van der Waals surface area contributed by atoms with Crippen molar-refractivity contribution in [2.45, 2.75) is 68.9 Å². The Morgan fingerprint density at radius 2 is 1.67 bits per heavy atom. The first-order valence-electron chi connectivity index (χ1n) is 8.51. The van der Waals surface area contributed by atoms with Gasteiger partial charge in [-0.05, 0) is 18.4 Å². The van der Waals surface area contributed by atoms with E-state index >= 15 is 0 Å². The van der Waals surface area contributed by atoms with Crippen molar-refractivity contribution in [3.8, 4) is 0 Å². The number of amides is 1. The fourth-order valence-electron chi connectivity index (χ4n) is 3.67. The largest absolute Gasteiger partial charge is 0.396 e. The number of aliphatic hydroxyl groups is 4. The van der Waals surface area contributed by atoms with E-state index in [-0.39, 0.29) is 18.6 Å². The molecule has 2 aliphatic rings. The highest BCUT2D eigenvalue weighted by atomic mass is 16.4. The van der Waals surface area contributed by atoms with Gasteiger partial charge >= 0.3 is 0 Å². The van der Waals surface area contributed by atoms with Crippen molar-refractivity contribution in [3.63, 3.8) is 0 Å². The predicted molar refractivity (Wildman–Crippen MR) is 84.7 cm³/mol. The Bertz CT molecular complexity index is 484. The average molecular weight is 342 g/mol. The van der Waals surface area contributed by atoms with Crippen LogP contribution in [-0.4, -0.2) is 74.8 Å². The molecule has 0 aromatic rings. The van der Waals surface area contributed by atoms with Gasteiger partial charge in [0.1, 0.15) is 12.2 Å². The van der Waals surface area contributed by atoms with Crippen LogP contribution < -0.4 is 0 Å². The van der Waals surface area contributed by atoms with Gasteiger partial charge in [0.05, 0.1) is 24.8 Å². The molecule has 136 valence electrons. The third-order valence-corrected chi connectivity index (χ3v) is 5.04. The lowest BCUT2D eigenvalue weighted by atomic mass is 9.83. The molecular formula is C15H26N4O5. The Morgan fingerprint density at radius 3 is 2.33 bits per heavy atom. The van der Waals surface area contributed by atoms with Crippen molar-refractivity contribution in [3.05, 3.63) is 10.4 Å². The van der Waals surface area contributed by atoms with Crippen LogP contribution in [0.3, 0.4) is 0 Å². The standard InChI is InChI=1S/C15H26N4O5/c16-18-17-7-5-3-1-2-4-6-10(21)19-11-9(8-20)13(22)15(24)14(23)12(11)19/h9,11-15,20,22-24H,1-8H2/t9-,11+,12+,13-,14-,15-,19?/m0/s1. The molecule has 1 saturated carbocycles. The molecule has 0 aromatic carbocycles. The highest BCUT2D eigenvalue weighted by Crippen LogP contribution is 2.44. The van der Waals surface area contributed by atoms with Crippen molar-refractivity contribution < 1.29 is 25.2 Å². The van der Waals surface area contributed by atoms with Gasteiger partial charge in [0.15, 0.2) is 0 Å². The molecule has 0 bridgehead atoms. The van der Waals surface area contributed by atoms with Crippen LogP contribution in [0, 0.1) is 5.92 Å². The summed E-state index contributed by atoms with van der Waals surface area (Å²) in [5.74, 6) is -0.726. The summed E-state index contributed by atoms with van der Waals surface area (Å²) in [4.78, 5) is 16.5. The van der Waals surface area contributed by atoms with E-state index in [0.29, 0.717) is 13.0 Å². The molecule has 9 nitrogen and oxygen atoms in total. The van der Waals surface area contributed by atoms with Crippen LogP contribution in [0.5, 0.6) is 0 Å². The molecule has 1 aliphatic heterocycles. The second kappa shape index (κ2) is 8.64. The number of unbranched alkanes of at least 4 members (excludes halogenated alkanes) is 4. The highest BCUT2D eigenvalue weighted by Gasteiger charge is 2.65. The minimum atomic E-state index is -1.34. The number of carbonyl (C=O) groups is 1. The minimum absolute atomic E-state index is 0.113. The van der Waals surface area contributed by atoms with E-state index in [2.05, 4.69) is 10.0 Å². The van der Waals surface area contributed by atoms with Crippen LogP contribution in [-0.2, 0) is 4.79 Å². The van der Waals surface area contributed by atoms with Gasteiger partial charge in [0.25, 0.3) is 0 Å². The molecule has 9 heteroatoms. The maximum atomic E-state index is 12.3. The SMILES string of the molecule is [N-]=[N+]=NCCCCCCCC(=O)N1[C@@H]2[C@H](CO)[C@H](O)[C@H](O)[C@@H](O)[C@@H]21. The number of fused-ring (bicyclic) bond motifs is 1. The van der Waals surface area contributed by atoms with E-state index < -0.39 is 30.3 Å². The summed E-state index contributed by atoms with van der Waals surface area (Å²) in [5.41, 5.74) is 8.15. The first-order chi connectivity index (χ1) is 11.5. The summed E-state index contributed by atoms with van der Waals surface area (Å²) in [6.07, 6.45) is 0.986. The number of aliphatic hydroxyl groups excluding tert-OH is 4. The molecule has 1 amide bonds. The maximum Gasteiger partial charge on any atom is 0.223 e. The van der Waals surface area contributed by atoms with E-state index in [1.807, 2.05) is 0 Å². The summed E-state index contributed by atoms with van der Waals surface area (Å²) in [6, 6.07) is -0.892. The summed E-state index contributed by atoms with van der Waals surface area (Å²) in [6.45, 7) is 0.165. The van der Waals surface area contributed by atoms with Gasteiger partial charge in [-0.25, -0.2) is 0 Å². The van der Waals surface area contributed by atoms with Crippen LogP contribution in [0.4, 0.5) is 0 Å². The topological polar surface area (TPSA) is 150 Å². The molecule has 0 radical (unpaired) electrons. The van der Waals surface area contributed by atoms with Crippen molar-refractivity contribution in [1.29, 1.82) is 0 Å². The number of azide groups is 1. The monoisotopic (exact) mass is 342 g/mol. The molecule has 2 fully saturated rings. The Balaban J connectivity index is 1.71. The average Bonchev–Trinajstić information content (AvgIpc) is 3.31. The molecule has 0 unspecified atom stereocenters. The van der Waals surface area contributed by atoms with Gasteiger partial charge in [0.2, 0.25) is 5.91 Å². The van der Waals surface area contributed by atoms with Gasteiger partial charge in [-0.3, -0.25) is 4.79 Å². The molecule has 2 rings (SSSR count). The third kappa shape index (κ3) is 3.99. The molecular weight excluding hydrogens is 316 g/mol. The second-order valence-corrected chi connectivity index (χ2v) is 6.57. The molecule has 6 atom stereocenters. The van der Waals surface area contributed by atoms with Crippen molar-refractivity contribution in [2.24, 2.45) is 11.0 Å². The third-order valence-electron chi connectivity index (χ3n) is 5.04. The zero-order valence-corrected chi connectivity index (χ0v) is 13.6. The Hall–Kier alpha value is -1.38. The summed E-state index contributed by atoms with van der Waals surface area (Å²) in [5, 5.41) is 42.5. The van der Waals surface area contributed by atoms with Gasteiger partial charge in [-0.15, -0.1) is 0 Å². The summed E-state index contributed by atoms with van der Waals surface area (Å²) < 4.78 is 0. The molecule has 4 N–H and O–H groups in total. The lowest BCUT2D eigenvalue weighted by Gasteiger charge is -2.31. The van der Waals surface area contributed by atoms with Gasteiger partial charge in [-0.2, -0.15) is 0 Å². The smallest absolute Gasteiger partial charge is 0.223 e. The number of carbonyl (C=O) groups excluding carboxylic acids is 1. The number of hydrogen-bond acceptors (Lipinski definition) is 6. The Labute approximate surface area is 140 Å². The van der Waals surface area contributed by atoms with Crippen LogP contribution in [0.2, 0.25) is 0 Å². The number of hydrogen-bond donors (Lipinski definition) is 4. The summed E-state index contributed by atoms with van der Waals surface area (Å²) in [7, 11) is 0. The van der Waals surface area contributed by atoms with E-state index in [1.165, 1.54) is 4.90 Å². The second-order valence-electron chi connectivity index (χ2n) is 6.57. The maximum absolute atomic E-state index is 12.3. The van der Waals surface area contributed by atoms with E-state index in [0.717, 1.165) is 32.1 Å². The van der Waals surface area contributed by atoms with E-state index in [4.69, 9.17) is 5.53 Å². The summed E-state index contributed by atoms with van der Waals surface area (Å²) >= 11 is 0. The van der Waals surface area contributed by atoms with Crippen molar-refractivity contribution >= 4 is 5.91 Å². The van der Waals surface area contributed by atoms with E-state index in [9.17, 15) is 25.2 Å². The number of nitrogens with zero attached hydrogens (tertiary/aromatic N) is 4. The van der Waals surface area contributed by atoms with E-state index in [1.54, 1.807) is 0 Å². The zero-order valence-electron chi connectivity index (χ0n) is 13.6. The molecule has 0 aromatic heterocycles. The highest BCUT2D eigenvalue weighted by molar-refractivity contribution is 5.80. The van der Waals surface area contributed by atoms with Crippen LogP contribution in [0.15, 0.2) is 5.11 Å². The normalized spacial score (nSPS) is 34.4. The Kier molecular flexibility index (Phi) is 6.82. The number of rotatable bonds is 9. The fourth-order valence-corrected chi connectivity index (χ4v) is 3.67. The molecule has 0 spiro atoms. The van der Waals surface area contributed by atoms with Gasteiger partial charge in [0, 0.05) is 23.8 Å². The van der Waals surface area contributed by atoms with Gasteiger partial charge in [-0.1, -0.05) is 24.4 Å². The first-order valence-corrected chi connectivity index (χ1v) is 8.51. The first kappa shape index (κ1) is 19.0. The molecule has 1 heterocycles. The predicted octanol–water partition coefficient (Wildman–Crippen LogP) is -0.0785.